The van der Waals surface area contributed by atoms with Gasteiger partial charge in [-0.3, -0.25) is 9.48 Å². The fraction of sp³-hybridized carbons (Fsp3) is 0.318. The van der Waals surface area contributed by atoms with Gasteiger partial charge < -0.3 is 20.3 Å². The number of aromatic nitrogens is 5. The molecule has 2 amide bonds. The molecule has 0 bridgehead atoms. The Morgan fingerprint density at radius 3 is 2.88 bits per heavy atom. The molecule has 1 saturated heterocycles. The number of rotatable bonds is 3. The quantitative estimate of drug-likeness (QED) is 0.456. The molecule has 1 aliphatic rings. The van der Waals surface area contributed by atoms with Gasteiger partial charge in [0.1, 0.15) is 16.9 Å². The number of carbonyl (C=O) groups is 2. The van der Waals surface area contributed by atoms with E-state index in [1.54, 1.807) is 12.4 Å². The van der Waals surface area contributed by atoms with Gasteiger partial charge in [0.05, 0.1) is 22.8 Å². The molecular formula is C22H23N7O3. The van der Waals surface area contributed by atoms with Crippen molar-refractivity contribution in [3.8, 4) is 11.4 Å². The molecule has 4 heterocycles. The van der Waals surface area contributed by atoms with Crippen LogP contribution in [0.1, 0.15) is 29.3 Å². The fourth-order valence-corrected chi connectivity index (χ4v) is 4.30. The maximum Gasteiger partial charge on any atom is 0.407 e. The smallest absolute Gasteiger partial charge is 0.407 e. The highest BCUT2D eigenvalue weighted by molar-refractivity contribution is 6.05. The summed E-state index contributed by atoms with van der Waals surface area (Å²) >= 11 is 0. The van der Waals surface area contributed by atoms with Gasteiger partial charge in [0.2, 0.25) is 0 Å². The first-order chi connectivity index (χ1) is 15.2. The van der Waals surface area contributed by atoms with Gasteiger partial charge in [-0.25, -0.2) is 14.8 Å². The average Bonchev–Trinajstić information content (AvgIpc) is 3.43. The Balaban J connectivity index is 1.50. The Hall–Kier alpha value is -3.95. The van der Waals surface area contributed by atoms with Crippen molar-refractivity contribution >= 4 is 34.1 Å². The number of hydrogen-bond donors (Lipinski definition) is 3. The van der Waals surface area contributed by atoms with Crippen molar-refractivity contribution in [1.29, 1.82) is 0 Å². The Morgan fingerprint density at radius 2 is 2.12 bits per heavy atom. The second-order valence-corrected chi connectivity index (χ2v) is 8.62. The van der Waals surface area contributed by atoms with E-state index in [1.807, 2.05) is 37.7 Å². The Bertz CT molecular complexity index is 1390. The van der Waals surface area contributed by atoms with E-state index in [2.05, 4.69) is 26.4 Å². The van der Waals surface area contributed by atoms with E-state index in [4.69, 9.17) is 4.98 Å². The van der Waals surface area contributed by atoms with Crippen LogP contribution in [0.15, 0.2) is 30.6 Å². The van der Waals surface area contributed by atoms with Crippen molar-refractivity contribution in [1.82, 2.24) is 34.9 Å². The van der Waals surface area contributed by atoms with Crippen LogP contribution in [0.4, 0.5) is 4.79 Å². The molecule has 1 aromatic carbocycles. The molecule has 0 saturated carbocycles. The standard InChI is InChI=1S/C22H23N7O3/c1-12-4-5-13-16(8-12)28(3)27-17(13)15-10-24-19-18(25-15)14(9-23-19)20(30)26-22(2)6-7-29(11-22)21(31)32/h4-5,8-10H,6-7,11H2,1-3H3,(H,23,24)(H,26,30)(H,31,32). The van der Waals surface area contributed by atoms with Crippen molar-refractivity contribution in [3.05, 3.63) is 41.7 Å². The van der Waals surface area contributed by atoms with E-state index >= 15 is 0 Å². The summed E-state index contributed by atoms with van der Waals surface area (Å²) in [5.74, 6) is -0.320. The van der Waals surface area contributed by atoms with Crippen LogP contribution in [-0.4, -0.2) is 65.4 Å². The van der Waals surface area contributed by atoms with Gasteiger partial charge in [0.15, 0.2) is 5.65 Å². The molecule has 3 N–H and O–H groups in total. The number of amides is 2. The molecule has 1 aliphatic heterocycles. The normalized spacial score (nSPS) is 18.5. The number of nitrogens with zero attached hydrogens (tertiary/aromatic N) is 5. The van der Waals surface area contributed by atoms with Crippen LogP contribution in [0, 0.1) is 6.92 Å². The number of carboxylic acid groups (broad SMARTS) is 1. The predicted octanol–water partition coefficient (Wildman–Crippen LogP) is 2.69. The molecule has 1 fully saturated rings. The van der Waals surface area contributed by atoms with Gasteiger partial charge in [-0.2, -0.15) is 5.10 Å². The minimum Gasteiger partial charge on any atom is -0.465 e. The van der Waals surface area contributed by atoms with Crippen LogP contribution >= 0.6 is 0 Å². The molecular weight excluding hydrogens is 410 g/mol. The van der Waals surface area contributed by atoms with Gasteiger partial charge in [-0.1, -0.05) is 12.1 Å². The summed E-state index contributed by atoms with van der Waals surface area (Å²) in [5.41, 5.74) is 4.07. The number of aryl methyl sites for hydroxylation is 2. The molecule has 1 atom stereocenters. The molecule has 0 aliphatic carbocycles. The Morgan fingerprint density at radius 1 is 1.31 bits per heavy atom. The van der Waals surface area contributed by atoms with Crippen LogP contribution in [0.25, 0.3) is 33.5 Å². The lowest BCUT2D eigenvalue weighted by Gasteiger charge is -2.25. The van der Waals surface area contributed by atoms with E-state index in [0.29, 0.717) is 41.1 Å². The maximum absolute atomic E-state index is 13.1. The summed E-state index contributed by atoms with van der Waals surface area (Å²) in [6.07, 6.45) is 2.79. The lowest BCUT2D eigenvalue weighted by atomic mass is 10.0. The number of carbonyl (C=O) groups excluding carboxylic acids is 1. The van der Waals surface area contributed by atoms with Crippen LogP contribution in [0.2, 0.25) is 0 Å². The minimum absolute atomic E-state index is 0.243. The van der Waals surface area contributed by atoms with E-state index in [1.165, 1.54) is 4.90 Å². The highest BCUT2D eigenvalue weighted by atomic mass is 16.4. The number of likely N-dealkylation sites (tertiary alicyclic amines) is 1. The van der Waals surface area contributed by atoms with Crippen LogP contribution in [-0.2, 0) is 7.05 Å². The van der Waals surface area contributed by atoms with Crippen LogP contribution in [0.3, 0.4) is 0 Å². The maximum atomic E-state index is 13.1. The van der Waals surface area contributed by atoms with E-state index < -0.39 is 11.6 Å². The number of nitrogens with one attached hydrogen (secondary N) is 2. The predicted molar refractivity (Wildman–Crippen MR) is 118 cm³/mol. The Labute approximate surface area is 183 Å². The monoisotopic (exact) mass is 433 g/mol. The third kappa shape index (κ3) is 3.24. The number of H-pyrrole nitrogens is 1. The zero-order valence-corrected chi connectivity index (χ0v) is 18.0. The summed E-state index contributed by atoms with van der Waals surface area (Å²) in [6.45, 7) is 4.51. The van der Waals surface area contributed by atoms with E-state index in [9.17, 15) is 14.7 Å². The molecule has 10 nitrogen and oxygen atoms in total. The van der Waals surface area contributed by atoms with Gasteiger partial charge in [0, 0.05) is 31.7 Å². The molecule has 0 spiro atoms. The van der Waals surface area contributed by atoms with Crippen molar-refractivity contribution in [2.75, 3.05) is 13.1 Å². The average molecular weight is 433 g/mol. The van der Waals surface area contributed by atoms with Gasteiger partial charge in [-0.05, 0) is 31.9 Å². The van der Waals surface area contributed by atoms with Crippen molar-refractivity contribution in [3.63, 3.8) is 0 Å². The van der Waals surface area contributed by atoms with Crippen LogP contribution in [0.5, 0.6) is 0 Å². The van der Waals surface area contributed by atoms with Gasteiger partial charge in [0.25, 0.3) is 5.91 Å². The first-order valence-electron chi connectivity index (χ1n) is 10.3. The molecule has 4 aromatic rings. The largest absolute Gasteiger partial charge is 0.465 e. The summed E-state index contributed by atoms with van der Waals surface area (Å²) in [5, 5.41) is 17.8. The molecule has 164 valence electrons. The molecule has 1 unspecified atom stereocenters. The third-order valence-corrected chi connectivity index (χ3v) is 6.03. The number of aromatic amines is 1. The second-order valence-electron chi connectivity index (χ2n) is 8.62. The lowest BCUT2D eigenvalue weighted by molar-refractivity contribution is 0.0906. The first kappa shape index (κ1) is 20.0. The minimum atomic E-state index is -0.983. The molecule has 5 rings (SSSR count). The summed E-state index contributed by atoms with van der Waals surface area (Å²) < 4.78 is 1.81. The lowest BCUT2D eigenvalue weighted by Crippen LogP contribution is -2.48. The van der Waals surface area contributed by atoms with Crippen molar-refractivity contribution in [2.45, 2.75) is 25.8 Å². The van der Waals surface area contributed by atoms with E-state index in [0.717, 1.165) is 16.5 Å². The molecule has 3 aromatic heterocycles. The van der Waals surface area contributed by atoms with Crippen molar-refractivity contribution < 1.29 is 14.7 Å². The number of benzene rings is 1. The fourth-order valence-electron chi connectivity index (χ4n) is 4.30. The molecule has 10 heteroatoms. The Kier molecular flexibility index (Phi) is 4.40. The van der Waals surface area contributed by atoms with E-state index in [-0.39, 0.29) is 12.5 Å². The van der Waals surface area contributed by atoms with Gasteiger partial charge in [-0.15, -0.1) is 0 Å². The molecule has 0 radical (unpaired) electrons. The highest BCUT2D eigenvalue weighted by Crippen LogP contribution is 2.28. The zero-order chi connectivity index (χ0) is 22.6. The van der Waals surface area contributed by atoms with Crippen molar-refractivity contribution in [2.24, 2.45) is 7.05 Å². The summed E-state index contributed by atoms with van der Waals surface area (Å²) in [4.78, 5) is 37.8. The summed E-state index contributed by atoms with van der Waals surface area (Å²) in [7, 11) is 1.88. The third-order valence-electron chi connectivity index (χ3n) is 6.03. The first-order valence-corrected chi connectivity index (χ1v) is 10.3. The molecule has 32 heavy (non-hydrogen) atoms. The highest BCUT2D eigenvalue weighted by Gasteiger charge is 2.37. The zero-order valence-electron chi connectivity index (χ0n) is 18.0. The second kappa shape index (κ2) is 7.04. The topological polar surface area (TPSA) is 129 Å². The number of fused-ring (bicyclic) bond motifs is 2. The SMILES string of the molecule is Cc1ccc2c(-c3cnc4[nH]cc(C(=O)NC5(C)CCN(C(=O)O)C5)c4n3)nn(C)c2c1. The van der Waals surface area contributed by atoms with Gasteiger partial charge >= 0.3 is 6.09 Å². The summed E-state index contributed by atoms with van der Waals surface area (Å²) in [6, 6.07) is 6.10. The van der Waals surface area contributed by atoms with Crippen LogP contribution < -0.4 is 5.32 Å². The number of hydrogen-bond acceptors (Lipinski definition) is 5.